The highest BCUT2D eigenvalue weighted by atomic mass is 16.5. The Kier molecular flexibility index (Phi) is 4.35. The molecule has 0 unspecified atom stereocenters. The Balaban J connectivity index is 1.85. The maximum atomic E-state index is 12.6. The van der Waals surface area contributed by atoms with E-state index in [0.717, 1.165) is 0 Å². The highest BCUT2D eigenvalue weighted by molar-refractivity contribution is 6.06. The molecule has 0 spiro atoms. The number of pyridine rings is 1. The predicted molar refractivity (Wildman–Crippen MR) is 88.6 cm³/mol. The number of fused-ring (bicyclic) bond motifs is 1. The van der Waals surface area contributed by atoms with Gasteiger partial charge in [-0.3, -0.25) is 14.4 Å². The molecule has 7 heteroatoms. The zero-order valence-corrected chi connectivity index (χ0v) is 13.1. The van der Waals surface area contributed by atoms with E-state index in [4.69, 9.17) is 10.5 Å². The first-order valence-electron chi connectivity index (χ1n) is 7.80. The van der Waals surface area contributed by atoms with E-state index in [0.29, 0.717) is 37.0 Å². The molecule has 2 aromatic rings. The fourth-order valence-corrected chi connectivity index (χ4v) is 3.01. The Bertz CT molecular complexity index is 837. The minimum Gasteiger partial charge on any atom is -0.381 e. The van der Waals surface area contributed by atoms with Gasteiger partial charge in [0.15, 0.2) is 0 Å². The van der Waals surface area contributed by atoms with Crippen LogP contribution in [0.3, 0.4) is 0 Å². The summed E-state index contributed by atoms with van der Waals surface area (Å²) in [5, 5.41) is 3.41. The second-order valence-corrected chi connectivity index (χ2v) is 6.03. The number of amides is 2. The average molecular weight is 329 g/mol. The SMILES string of the molecule is NC(=O)C1(CNC(=O)c2cc(=O)[nH]c3ccccc23)CCOCC1. The number of hydrogen-bond acceptors (Lipinski definition) is 4. The second kappa shape index (κ2) is 6.45. The molecule has 1 aliphatic rings. The summed E-state index contributed by atoms with van der Waals surface area (Å²) in [6.45, 7) is 1.01. The van der Waals surface area contributed by atoms with Crippen LogP contribution in [0.15, 0.2) is 35.1 Å². The van der Waals surface area contributed by atoms with Gasteiger partial charge in [-0.2, -0.15) is 0 Å². The van der Waals surface area contributed by atoms with Gasteiger partial charge in [-0.25, -0.2) is 0 Å². The lowest BCUT2D eigenvalue weighted by atomic mass is 9.79. The number of rotatable bonds is 4. The molecule has 24 heavy (non-hydrogen) atoms. The molecule has 4 N–H and O–H groups in total. The first kappa shape index (κ1) is 16.2. The number of hydrogen-bond donors (Lipinski definition) is 3. The zero-order chi connectivity index (χ0) is 17.2. The van der Waals surface area contributed by atoms with Gasteiger partial charge in [0, 0.05) is 36.7 Å². The van der Waals surface area contributed by atoms with E-state index in [1.54, 1.807) is 24.3 Å². The Morgan fingerprint density at radius 3 is 2.67 bits per heavy atom. The summed E-state index contributed by atoms with van der Waals surface area (Å²) in [6, 6.07) is 8.33. The van der Waals surface area contributed by atoms with Crippen LogP contribution < -0.4 is 16.6 Å². The van der Waals surface area contributed by atoms with Crippen LogP contribution >= 0.6 is 0 Å². The Morgan fingerprint density at radius 2 is 1.96 bits per heavy atom. The van der Waals surface area contributed by atoms with Crippen LogP contribution in [0.4, 0.5) is 0 Å². The maximum Gasteiger partial charge on any atom is 0.252 e. The average Bonchev–Trinajstić information content (AvgIpc) is 2.59. The van der Waals surface area contributed by atoms with Gasteiger partial charge in [0.25, 0.3) is 5.91 Å². The summed E-state index contributed by atoms with van der Waals surface area (Å²) in [6.07, 6.45) is 0.942. The molecule has 0 atom stereocenters. The number of ether oxygens (including phenoxy) is 1. The van der Waals surface area contributed by atoms with Crippen molar-refractivity contribution in [2.24, 2.45) is 11.1 Å². The molecule has 1 fully saturated rings. The first-order chi connectivity index (χ1) is 11.5. The lowest BCUT2D eigenvalue weighted by Gasteiger charge is -2.34. The zero-order valence-electron chi connectivity index (χ0n) is 13.1. The van der Waals surface area contributed by atoms with Crippen molar-refractivity contribution >= 4 is 22.7 Å². The number of carbonyl (C=O) groups is 2. The molecule has 1 aromatic carbocycles. The van der Waals surface area contributed by atoms with Crippen molar-refractivity contribution in [2.45, 2.75) is 12.8 Å². The van der Waals surface area contributed by atoms with Crippen molar-refractivity contribution in [1.82, 2.24) is 10.3 Å². The number of H-pyrrole nitrogens is 1. The van der Waals surface area contributed by atoms with E-state index in [-0.39, 0.29) is 17.7 Å². The van der Waals surface area contributed by atoms with Gasteiger partial charge >= 0.3 is 0 Å². The number of nitrogens with one attached hydrogen (secondary N) is 2. The van der Waals surface area contributed by atoms with E-state index in [1.807, 2.05) is 0 Å². The van der Waals surface area contributed by atoms with Crippen LogP contribution in [0, 0.1) is 5.41 Å². The molecule has 1 aromatic heterocycles. The van der Waals surface area contributed by atoms with E-state index in [9.17, 15) is 14.4 Å². The van der Waals surface area contributed by atoms with Gasteiger partial charge in [0.1, 0.15) is 0 Å². The van der Waals surface area contributed by atoms with Gasteiger partial charge < -0.3 is 20.8 Å². The van der Waals surface area contributed by atoms with Crippen molar-refractivity contribution in [1.29, 1.82) is 0 Å². The number of carbonyl (C=O) groups excluding carboxylic acids is 2. The minimum atomic E-state index is -0.801. The molecule has 2 heterocycles. The lowest BCUT2D eigenvalue weighted by molar-refractivity contribution is -0.132. The number of benzene rings is 1. The lowest BCUT2D eigenvalue weighted by Crippen LogP contribution is -2.49. The summed E-state index contributed by atoms with van der Waals surface area (Å²) < 4.78 is 5.27. The fourth-order valence-electron chi connectivity index (χ4n) is 3.01. The third-order valence-electron chi connectivity index (χ3n) is 4.56. The van der Waals surface area contributed by atoms with Gasteiger partial charge in [-0.05, 0) is 18.9 Å². The highest BCUT2D eigenvalue weighted by Gasteiger charge is 2.38. The number of primary amides is 1. The molecule has 1 aliphatic heterocycles. The van der Waals surface area contributed by atoms with Crippen LogP contribution in [0.5, 0.6) is 0 Å². The molecule has 0 saturated carbocycles. The van der Waals surface area contributed by atoms with E-state index in [1.165, 1.54) is 6.07 Å². The summed E-state index contributed by atoms with van der Waals surface area (Å²) in [5.41, 5.74) is 5.26. The standard InChI is InChI=1S/C17H19N3O4/c18-16(23)17(5-7-24-8-6-17)10-19-15(22)12-9-14(21)20-13-4-2-1-3-11(12)13/h1-4,9H,5-8,10H2,(H2,18,23)(H,19,22)(H,20,21). The summed E-state index contributed by atoms with van der Waals surface area (Å²) in [4.78, 5) is 38.9. The predicted octanol–water partition coefficient (Wildman–Crippen LogP) is 0.540. The Morgan fingerprint density at radius 1 is 1.25 bits per heavy atom. The molecule has 7 nitrogen and oxygen atoms in total. The minimum absolute atomic E-state index is 0.131. The third kappa shape index (κ3) is 3.03. The summed E-state index contributed by atoms with van der Waals surface area (Å²) in [5.74, 6) is -0.841. The van der Waals surface area contributed by atoms with Crippen molar-refractivity contribution in [3.8, 4) is 0 Å². The van der Waals surface area contributed by atoms with Gasteiger partial charge in [0.05, 0.1) is 11.0 Å². The van der Waals surface area contributed by atoms with Crippen LogP contribution in [0.2, 0.25) is 0 Å². The number of aromatic amines is 1. The van der Waals surface area contributed by atoms with Crippen LogP contribution in [0.1, 0.15) is 23.2 Å². The van der Waals surface area contributed by atoms with Crippen molar-refractivity contribution in [2.75, 3.05) is 19.8 Å². The molecule has 0 bridgehead atoms. The largest absolute Gasteiger partial charge is 0.381 e. The maximum absolute atomic E-state index is 12.6. The molecule has 1 saturated heterocycles. The topological polar surface area (TPSA) is 114 Å². The Labute approximate surface area is 138 Å². The monoisotopic (exact) mass is 329 g/mol. The van der Waals surface area contributed by atoms with Gasteiger partial charge in [-0.1, -0.05) is 18.2 Å². The smallest absolute Gasteiger partial charge is 0.252 e. The highest BCUT2D eigenvalue weighted by Crippen LogP contribution is 2.29. The van der Waals surface area contributed by atoms with Crippen LogP contribution in [0.25, 0.3) is 10.9 Å². The fraction of sp³-hybridized carbons (Fsp3) is 0.353. The molecule has 0 radical (unpaired) electrons. The van der Waals surface area contributed by atoms with Crippen molar-refractivity contribution in [3.63, 3.8) is 0 Å². The number of aromatic nitrogens is 1. The van der Waals surface area contributed by atoms with E-state index < -0.39 is 17.2 Å². The third-order valence-corrected chi connectivity index (χ3v) is 4.56. The van der Waals surface area contributed by atoms with Crippen molar-refractivity contribution < 1.29 is 14.3 Å². The molecular weight excluding hydrogens is 310 g/mol. The van der Waals surface area contributed by atoms with Crippen molar-refractivity contribution in [3.05, 3.63) is 46.2 Å². The van der Waals surface area contributed by atoms with Crippen LogP contribution in [-0.2, 0) is 9.53 Å². The normalized spacial score (nSPS) is 16.7. The second-order valence-electron chi connectivity index (χ2n) is 6.03. The molecule has 3 rings (SSSR count). The van der Waals surface area contributed by atoms with E-state index >= 15 is 0 Å². The number of nitrogens with two attached hydrogens (primary N) is 1. The van der Waals surface area contributed by atoms with E-state index in [2.05, 4.69) is 10.3 Å². The Hall–Kier alpha value is -2.67. The first-order valence-corrected chi connectivity index (χ1v) is 7.80. The quantitative estimate of drug-likeness (QED) is 0.759. The van der Waals surface area contributed by atoms with Gasteiger partial charge in [-0.15, -0.1) is 0 Å². The molecular formula is C17H19N3O4. The summed E-state index contributed by atoms with van der Waals surface area (Å²) in [7, 11) is 0. The molecule has 0 aliphatic carbocycles. The molecule has 126 valence electrons. The summed E-state index contributed by atoms with van der Waals surface area (Å²) >= 11 is 0. The van der Waals surface area contributed by atoms with Gasteiger partial charge in [0.2, 0.25) is 11.5 Å². The van der Waals surface area contributed by atoms with Crippen LogP contribution in [-0.4, -0.2) is 36.6 Å². The molecule has 2 amide bonds. The number of para-hydroxylation sites is 1.